The smallest absolute Gasteiger partial charge is 0.203 e. The van der Waals surface area contributed by atoms with Gasteiger partial charge < -0.3 is 14.2 Å². The molecule has 5 heteroatoms. The Morgan fingerprint density at radius 2 is 1.67 bits per heavy atom. The van der Waals surface area contributed by atoms with E-state index in [1.807, 2.05) is 30.3 Å². The van der Waals surface area contributed by atoms with Crippen LogP contribution in [0.2, 0.25) is 0 Å². The van der Waals surface area contributed by atoms with Crippen LogP contribution in [0, 0.1) is 0 Å². The molecule has 0 N–H and O–H groups in total. The highest BCUT2D eigenvalue weighted by molar-refractivity contribution is 6.35. The normalized spacial score (nSPS) is 10.6. The van der Waals surface area contributed by atoms with Gasteiger partial charge >= 0.3 is 0 Å². The number of ketones is 1. The molecule has 2 aromatic carbocycles. The van der Waals surface area contributed by atoms with E-state index in [9.17, 15) is 4.79 Å². The van der Waals surface area contributed by atoms with Gasteiger partial charge in [-0.25, -0.2) is 0 Å². The molecule has 0 aromatic heterocycles. The van der Waals surface area contributed by atoms with E-state index in [-0.39, 0.29) is 5.78 Å². The van der Waals surface area contributed by atoms with Gasteiger partial charge in [0, 0.05) is 17.7 Å². The standard InChI is InChI=1S/C19H21NO4/c1-22-17-10-9-15(18(23-2)19(17)24-3)11-12-20-13-16(21)14-7-5-4-6-8-14/h4-10,13H,11-12H2,1-3H3/b20-13-. The monoisotopic (exact) mass is 327 g/mol. The zero-order valence-corrected chi connectivity index (χ0v) is 14.1. The number of hydrogen-bond acceptors (Lipinski definition) is 5. The van der Waals surface area contributed by atoms with Crippen LogP contribution < -0.4 is 14.2 Å². The quantitative estimate of drug-likeness (QED) is 0.552. The van der Waals surface area contributed by atoms with Gasteiger partial charge in [-0.2, -0.15) is 0 Å². The molecule has 0 aliphatic carbocycles. The third kappa shape index (κ3) is 4.13. The summed E-state index contributed by atoms with van der Waals surface area (Å²) in [5.74, 6) is 1.69. The fourth-order valence-corrected chi connectivity index (χ4v) is 2.37. The lowest BCUT2D eigenvalue weighted by atomic mass is 10.1. The molecular formula is C19H21NO4. The van der Waals surface area contributed by atoms with Crippen molar-refractivity contribution in [2.45, 2.75) is 6.42 Å². The second-order valence-corrected chi connectivity index (χ2v) is 5.01. The third-order valence-corrected chi connectivity index (χ3v) is 3.56. The summed E-state index contributed by atoms with van der Waals surface area (Å²) in [7, 11) is 4.74. The number of carbonyl (C=O) groups is 1. The maximum Gasteiger partial charge on any atom is 0.203 e. The lowest BCUT2D eigenvalue weighted by molar-refractivity contribution is 0.107. The fraction of sp³-hybridized carbons (Fsp3) is 0.263. The van der Waals surface area contributed by atoms with E-state index in [0.29, 0.717) is 35.8 Å². The highest BCUT2D eigenvalue weighted by atomic mass is 16.5. The molecule has 0 amide bonds. The number of rotatable bonds is 8. The molecule has 0 radical (unpaired) electrons. The van der Waals surface area contributed by atoms with Gasteiger partial charge in [0.15, 0.2) is 11.5 Å². The molecule has 2 rings (SSSR count). The van der Waals surface area contributed by atoms with Crippen molar-refractivity contribution in [1.82, 2.24) is 0 Å². The lowest BCUT2D eigenvalue weighted by Gasteiger charge is -2.15. The van der Waals surface area contributed by atoms with Crippen molar-refractivity contribution in [3.05, 3.63) is 53.6 Å². The minimum Gasteiger partial charge on any atom is -0.493 e. The zero-order valence-electron chi connectivity index (χ0n) is 14.1. The van der Waals surface area contributed by atoms with E-state index in [1.54, 1.807) is 33.5 Å². The molecule has 0 saturated carbocycles. The number of aliphatic imine (C=N–C) groups is 1. The van der Waals surface area contributed by atoms with Gasteiger partial charge in [0.05, 0.1) is 27.5 Å². The topological polar surface area (TPSA) is 57.1 Å². The summed E-state index contributed by atoms with van der Waals surface area (Å²) in [5.41, 5.74) is 1.57. The zero-order chi connectivity index (χ0) is 17.4. The van der Waals surface area contributed by atoms with Gasteiger partial charge in [-0.15, -0.1) is 0 Å². The number of carbonyl (C=O) groups excluding carboxylic acids is 1. The SMILES string of the molecule is COc1ccc(CC/N=C\C(=O)c2ccccc2)c(OC)c1OC. The second-order valence-electron chi connectivity index (χ2n) is 5.01. The van der Waals surface area contributed by atoms with Crippen LogP contribution in [-0.4, -0.2) is 39.9 Å². The molecule has 0 unspecified atom stereocenters. The summed E-state index contributed by atoms with van der Waals surface area (Å²) < 4.78 is 16.1. The van der Waals surface area contributed by atoms with Crippen LogP contribution in [0.4, 0.5) is 0 Å². The Balaban J connectivity index is 2.04. The highest BCUT2D eigenvalue weighted by Crippen LogP contribution is 2.39. The average molecular weight is 327 g/mol. The number of hydrogen-bond donors (Lipinski definition) is 0. The van der Waals surface area contributed by atoms with Crippen molar-refractivity contribution in [3.63, 3.8) is 0 Å². The first-order valence-electron chi connectivity index (χ1n) is 7.58. The van der Waals surface area contributed by atoms with Gasteiger partial charge in [0.25, 0.3) is 0 Å². The van der Waals surface area contributed by atoms with E-state index in [1.165, 1.54) is 6.21 Å². The van der Waals surface area contributed by atoms with E-state index in [2.05, 4.69) is 4.99 Å². The Labute approximate surface area is 141 Å². The maximum absolute atomic E-state index is 12.0. The molecule has 0 fully saturated rings. The minimum atomic E-state index is -0.102. The Morgan fingerprint density at radius 3 is 2.29 bits per heavy atom. The minimum absolute atomic E-state index is 0.102. The lowest BCUT2D eigenvalue weighted by Crippen LogP contribution is -2.03. The van der Waals surface area contributed by atoms with E-state index >= 15 is 0 Å². The summed E-state index contributed by atoms with van der Waals surface area (Å²) in [6.45, 7) is 0.477. The molecule has 126 valence electrons. The van der Waals surface area contributed by atoms with Crippen LogP contribution in [-0.2, 0) is 6.42 Å². The molecule has 0 spiro atoms. The van der Waals surface area contributed by atoms with Gasteiger partial charge in [0.2, 0.25) is 11.5 Å². The van der Waals surface area contributed by atoms with Crippen LogP contribution >= 0.6 is 0 Å². The van der Waals surface area contributed by atoms with Crippen LogP contribution in [0.1, 0.15) is 15.9 Å². The van der Waals surface area contributed by atoms with Crippen LogP contribution in [0.5, 0.6) is 17.2 Å². The first-order valence-corrected chi connectivity index (χ1v) is 7.58. The number of benzene rings is 2. The number of Topliss-reactive ketones (excluding diaryl/α,β-unsaturated/α-hetero) is 1. The Kier molecular flexibility index (Phi) is 6.37. The van der Waals surface area contributed by atoms with Crippen LogP contribution in [0.15, 0.2) is 47.5 Å². The average Bonchev–Trinajstić information content (AvgIpc) is 2.64. The molecule has 0 aliphatic heterocycles. The van der Waals surface area contributed by atoms with Gasteiger partial charge in [-0.1, -0.05) is 36.4 Å². The van der Waals surface area contributed by atoms with Crippen LogP contribution in [0.25, 0.3) is 0 Å². The largest absolute Gasteiger partial charge is 0.493 e. The van der Waals surface area contributed by atoms with Crippen molar-refractivity contribution >= 4 is 12.0 Å². The van der Waals surface area contributed by atoms with Crippen molar-refractivity contribution in [2.24, 2.45) is 4.99 Å². The molecule has 0 aliphatic rings. The van der Waals surface area contributed by atoms with Crippen molar-refractivity contribution in [1.29, 1.82) is 0 Å². The predicted octanol–water partition coefficient (Wildman–Crippen LogP) is 3.21. The van der Waals surface area contributed by atoms with E-state index in [4.69, 9.17) is 14.2 Å². The van der Waals surface area contributed by atoms with Crippen molar-refractivity contribution in [2.75, 3.05) is 27.9 Å². The van der Waals surface area contributed by atoms with Crippen molar-refractivity contribution < 1.29 is 19.0 Å². The Hall–Kier alpha value is -2.82. The van der Waals surface area contributed by atoms with Crippen LogP contribution in [0.3, 0.4) is 0 Å². The summed E-state index contributed by atoms with van der Waals surface area (Å²) in [6, 6.07) is 12.8. The molecule has 0 atom stereocenters. The highest BCUT2D eigenvalue weighted by Gasteiger charge is 2.15. The second kappa shape index (κ2) is 8.72. The Bertz CT molecular complexity index is 711. The molecule has 0 heterocycles. The molecule has 0 bridgehead atoms. The number of nitrogens with zero attached hydrogens (tertiary/aromatic N) is 1. The van der Waals surface area contributed by atoms with E-state index < -0.39 is 0 Å². The molecule has 5 nitrogen and oxygen atoms in total. The molecular weight excluding hydrogens is 306 g/mol. The number of methoxy groups -OCH3 is 3. The first kappa shape index (κ1) is 17.5. The fourth-order valence-electron chi connectivity index (χ4n) is 2.37. The Morgan fingerprint density at radius 1 is 0.958 bits per heavy atom. The molecule has 0 saturated heterocycles. The van der Waals surface area contributed by atoms with Gasteiger partial charge in [-0.05, 0) is 12.5 Å². The summed E-state index contributed by atoms with van der Waals surface area (Å²) in [6.07, 6.45) is 1.99. The first-order chi connectivity index (χ1) is 11.7. The van der Waals surface area contributed by atoms with Gasteiger partial charge in [0.1, 0.15) is 0 Å². The summed E-state index contributed by atoms with van der Waals surface area (Å²) in [5, 5.41) is 0. The van der Waals surface area contributed by atoms with Crippen molar-refractivity contribution in [3.8, 4) is 17.2 Å². The molecule has 24 heavy (non-hydrogen) atoms. The third-order valence-electron chi connectivity index (χ3n) is 3.56. The maximum atomic E-state index is 12.0. The predicted molar refractivity (Wildman–Crippen MR) is 93.9 cm³/mol. The summed E-state index contributed by atoms with van der Waals surface area (Å²) >= 11 is 0. The van der Waals surface area contributed by atoms with E-state index in [0.717, 1.165) is 5.56 Å². The summed E-state index contributed by atoms with van der Waals surface area (Å²) in [4.78, 5) is 16.2. The molecule has 2 aromatic rings. The van der Waals surface area contributed by atoms with Gasteiger partial charge in [-0.3, -0.25) is 9.79 Å². The number of ether oxygens (including phenoxy) is 3.